The molecule has 2 N–H and O–H groups in total. The normalized spacial score (nSPS) is 12.6. The molecule has 54 heavy (non-hydrogen) atoms. The fourth-order valence-corrected chi connectivity index (χ4v) is 8.79. The molecule has 0 radical (unpaired) electrons. The van der Waals surface area contributed by atoms with Gasteiger partial charge in [-0.3, -0.25) is 4.79 Å². The number of nitrogens with zero attached hydrogens (tertiary/aromatic N) is 2. The van der Waals surface area contributed by atoms with Gasteiger partial charge in [-0.05, 0) is 71.6 Å². The van der Waals surface area contributed by atoms with Crippen LogP contribution in [0.15, 0.2) is 109 Å². The van der Waals surface area contributed by atoms with Crippen molar-refractivity contribution in [3.05, 3.63) is 84.4 Å². The van der Waals surface area contributed by atoms with Gasteiger partial charge in [-0.2, -0.15) is 0 Å². The highest BCUT2D eigenvalue weighted by Crippen LogP contribution is 2.46. The number of benzene rings is 5. The highest BCUT2D eigenvalue weighted by Gasteiger charge is 2.24. The number of hydrogen-bond donors (Lipinski definition) is 2. The van der Waals surface area contributed by atoms with Crippen LogP contribution in [0, 0.1) is 5.92 Å². The predicted octanol–water partition coefficient (Wildman–Crippen LogP) is 5.92. The van der Waals surface area contributed by atoms with Gasteiger partial charge in [0.2, 0.25) is 0 Å². The van der Waals surface area contributed by atoms with Crippen LogP contribution >= 0.6 is 0 Å². The Balaban J connectivity index is 0.00000319. The third-order valence-electron chi connectivity index (χ3n) is 7.72. The minimum absolute atomic E-state index is 0.0123. The number of azo groups is 1. The van der Waals surface area contributed by atoms with Crippen molar-refractivity contribution in [2.45, 2.75) is 53.7 Å². The fourth-order valence-electron chi connectivity index (χ4n) is 5.19. The minimum atomic E-state index is -5.60. The van der Waals surface area contributed by atoms with Crippen molar-refractivity contribution < 1.29 is 57.2 Å². The third-order valence-corrected chi connectivity index (χ3v) is 12.1. The van der Waals surface area contributed by atoms with Crippen molar-refractivity contribution in [3.8, 4) is 5.75 Å². The van der Waals surface area contributed by atoms with E-state index in [0.717, 1.165) is 18.2 Å². The summed E-state index contributed by atoms with van der Waals surface area (Å²) >= 11 is 0. The maximum Gasteiger partial charge on any atom is 0.255 e. The molecule has 0 aliphatic heterocycles. The quantitative estimate of drug-likeness (QED) is 0.116. The number of hydrogen-bond acceptors (Lipinski definition) is 15. The summed E-state index contributed by atoms with van der Waals surface area (Å²) < 4.78 is 136. The van der Waals surface area contributed by atoms with E-state index >= 15 is 0 Å². The Kier molecular flexibility index (Phi) is 12.3. The summed E-state index contributed by atoms with van der Waals surface area (Å²) in [5.41, 5.74) is -2.28. The van der Waals surface area contributed by atoms with Gasteiger partial charge in [0.15, 0.2) is 15.6 Å². The molecular weight excluding hydrogens is 787 g/mol. The van der Waals surface area contributed by atoms with Crippen LogP contribution in [0.4, 0.5) is 17.1 Å². The average molecular weight is 819 g/mol. The molecule has 16 nitrogen and oxygen atoms in total. The molecule has 0 unspecified atom stereocenters. The number of carbonyl (C=O) groups is 1. The molecule has 5 aromatic rings. The number of amides is 1. The zero-order chi connectivity index (χ0) is 40.4. The van der Waals surface area contributed by atoms with Crippen molar-refractivity contribution >= 4 is 84.7 Å². The number of anilines is 1. The highest BCUT2D eigenvalue weighted by molar-refractivity contribution is 7.91. The Bertz CT molecular complexity index is 2750. The molecule has 0 heterocycles. The topological polar surface area (TPSA) is 280 Å². The van der Waals surface area contributed by atoms with E-state index in [9.17, 15) is 57.2 Å². The van der Waals surface area contributed by atoms with Gasteiger partial charge < -0.3 is 24.1 Å². The molecule has 0 aliphatic rings. The van der Waals surface area contributed by atoms with Crippen LogP contribution in [0.3, 0.4) is 0 Å². The molecule has 0 saturated carbocycles. The van der Waals surface area contributed by atoms with E-state index < -0.39 is 94.4 Å². The van der Waals surface area contributed by atoms with E-state index in [4.69, 9.17) is 0 Å². The first-order chi connectivity index (χ1) is 25.1. The Hall–Kier alpha value is -4.83. The highest BCUT2D eigenvalue weighted by atomic mass is 32.2. The van der Waals surface area contributed by atoms with Gasteiger partial charge in [-0.15, -0.1) is 10.2 Å². The molecule has 0 saturated heterocycles. The molecule has 0 fully saturated rings. The van der Waals surface area contributed by atoms with Crippen molar-refractivity contribution in [2.75, 3.05) is 11.1 Å². The summed E-state index contributed by atoms with van der Waals surface area (Å²) in [4.78, 5) is 9.60. The van der Waals surface area contributed by atoms with Crippen LogP contribution in [0.25, 0.3) is 21.5 Å². The lowest BCUT2D eigenvalue weighted by atomic mass is 10.1. The molecule has 20 heteroatoms. The van der Waals surface area contributed by atoms with Gasteiger partial charge in [-0.1, -0.05) is 58.0 Å². The number of fused-ring (bicyclic) bond motifs is 2. The Labute approximate surface area is 311 Å². The third kappa shape index (κ3) is 9.27. The predicted molar refractivity (Wildman–Crippen MR) is 195 cm³/mol. The maximum absolute atomic E-state index is 13.0. The number of aromatic hydroxyl groups is 1. The van der Waals surface area contributed by atoms with Crippen LogP contribution in [0.2, 0.25) is 0 Å². The first-order valence-corrected chi connectivity index (χ1v) is 21.7. The van der Waals surface area contributed by atoms with Crippen molar-refractivity contribution in [1.29, 1.82) is 0 Å². The van der Waals surface area contributed by atoms with Crippen LogP contribution < -0.4 is 5.32 Å². The summed E-state index contributed by atoms with van der Waals surface area (Å²) in [5, 5.41) is 19.7. The number of rotatable bonds is 11. The van der Waals surface area contributed by atoms with Crippen molar-refractivity contribution in [1.82, 2.24) is 0 Å². The number of sulfone groups is 1. The Morgan fingerprint density at radius 1 is 0.741 bits per heavy atom. The summed E-state index contributed by atoms with van der Waals surface area (Å²) in [6.45, 7) is 7.68. The SMILES string of the molecule is CC.CC(C)CCS(=O)(=O)c1ccc2c(S(=O)(=O)[O-])c(N=Nc3c(S(=O)(=O)[O-])cc4cc(S(=O)(=O)[O-])cc(NC(=O)c5ccccc5)c4c3O)ccc2c1. The van der Waals surface area contributed by atoms with E-state index in [0.29, 0.717) is 24.6 Å². The summed E-state index contributed by atoms with van der Waals surface area (Å²) in [5.74, 6) is -2.15. The Morgan fingerprint density at radius 3 is 1.94 bits per heavy atom. The van der Waals surface area contributed by atoms with Crippen molar-refractivity contribution in [3.63, 3.8) is 0 Å². The summed E-state index contributed by atoms with van der Waals surface area (Å²) in [7, 11) is -20.1. The molecule has 1 amide bonds. The van der Waals surface area contributed by atoms with Gasteiger partial charge >= 0.3 is 0 Å². The van der Waals surface area contributed by atoms with E-state index in [2.05, 4.69) is 15.5 Å². The smallest absolute Gasteiger partial charge is 0.255 e. The minimum Gasteiger partial charge on any atom is -0.744 e. The molecule has 288 valence electrons. The molecule has 5 aromatic carbocycles. The second kappa shape index (κ2) is 15.9. The molecule has 0 atom stereocenters. The van der Waals surface area contributed by atoms with Crippen LogP contribution in [0.5, 0.6) is 5.75 Å². The van der Waals surface area contributed by atoms with Crippen LogP contribution in [0.1, 0.15) is 44.5 Å². The van der Waals surface area contributed by atoms with E-state index in [1.165, 1.54) is 36.4 Å². The lowest BCUT2D eigenvalue weighted by Crippen LogP contribution is -2.13. The van der Waals surface area contributed by atoms with E-state index in [1.807, 2.05) is 27.7 Å². The van der Waals surface area contributed by atoms with E-state index in [1.54, 1.807) is 6.07 Å². The molecule has 0 aliphatic carbocycles. The van der Waals surface area contributed by atoms with Gasteiger partial charge in [0, 0.05) is 16.3 Å². The number of nitrogens with one attached hydrogen (secondary N) is 1. The molecule has 0 spiro atoms. The standard InChI is InChI=1S/C32H29N3O13S4.C2H6/c1-18(2)12-13-49(38,39)22-9-10-24-20(14-22)8-11-25(31(24)52(46,47)48)34-35-29-27(51(43,44)45)16-21-15-23(50(40,41)42)17-26(28(21)30(29)36)33-32(37)19-6-4-3-5-7-19;1-2/h3-11,14-18,36H,12-13H2,1-2H3,(H,33,37)(H,40,41,42)(H,43,44,45)(H,46,47,48);1-2H3/p-3. The number of phenolic OH excluding ortho intramolecular Hbond substituents is 1. The molecule has 5 rings (SSSR count). The van der Waals surface area contributed by atoms with Crippen molar-refractivity contribution in [2.24, 2.45) is 16.1 Å². The Morgan fingerprint density at radius 2 is 1.37 bits per heavy atom. The van der Waals surface area contributed by atoms with Crippen LogP contribution in [-0.2, 0) is 40.2 Å². The second-order valence-corrected chi connectivity index (χ2v) is 18.0. The molecular formula is C34H32N3O13S4-3. The number of phenols is 1. The van der Waals surface area contributed by atoms with Gasteiger partial charge in [0.25, 0.3) is 5.91 Å². The lowest BCUT2D eigenvalue weighted by molar-refractivity contribution is 0.102. The van der Waals surface area contributed by atoms with E-state index in [-0.39, 0.29) is 32.9 Å². The van der Waals surface area contributed by atoms with Gasteiger partial charge in [-0.25, -0.2) is 33.7 Å². The number of carbonyl (C=O) groups excluding carboxylic acids is 1. The monoisotopic (exact) mass is 818 g/mol. The van der Waals surface area contributed by atoms with Gasteiger partial charge in [0.1, 0.15) is 41.7 Å². The first kappa shape index (κ1) is 41.9. The molecule has 0 aromatic heterocycles. The second-order valence-electron chi connectivity index (χ2n) is 11.8. The maximum atomic E-state index is 13.0. The molecule has 0 bridgehead atoms. The zero-order valence-corrected chi connectivity index (χ0v) is 32.1. The first-order valence-electron chi connectivity index (χ1n) is 15.9. The van der Waals surface area contributed by atoms with Crippen LogP contribution in [-0.4, -0.2) is 64.1 Å². The zero-order valence-electron chi connectivity index (χ0n) is 28.9. The fraction of sp³-hybridized carbons (Fsp3) is 0.206. The summed E-state index contributed by atoms with van der Waals surface area (Å²) in [6, 6.07) is 14.8. The lowest BCUT2D eigenvalue weighted by Gasteiger charge is -2.18. The summed E-state index contributed by atoms with van der Waals surface area (Å²) in [6.07, 6.45) is 0.350. The largest absolute Gasteiger partial charge is 0.744 e. The van der Waals surface area contributed by atoms with Gasteiger partial charge in [0.05, 0.1) is 31.0 Å². The average Bonchev–Trinajstić information content (AvgIpc) is 3.09.